The highest BCUT2D eigenvalue weighted by Gasteiger charge is 2.19. The van der Waals surface area contributed by atoms with Gasteiger partial charge >= 0.3 is 0 Å². The standard InChI is InChI=1S/C16H15NO/c1-11(17)16-13-7-3-2-6-12(13)10-18-15-9-5-4-8-14(15)16/h2-9H,10,17H2,1H3. The van der Waals surface area contributed by atoms with E-state index in [9.17, 15) is 0 Å². The van der Waals surface area contributed by atoms with E-state index in [0.717, 1.165) is 22.6 Å². The van der Waals surface area contributed by atoms with Crippen LogP contribution < -0.4 is 10.5 Å². The fraction of sp³-hybridized carbons (Fsp3) is 0.125. The molecule has 3 rings (SSSR count). The van der Waals surface area contributed by atoms with Crippen LogP contribution in [0.4, 0.5) is 0 Å². The fourth-order valence-corrected chi connectivity index (χ4v) is 2.41. The molecule has 0 atom stereocenters. The van der Waals surface area contributed by atoms with Gasteiger partial charge < -0.3 is 10.5 Å². The number of para-hydroxylation sites is 1. The Bertz CT molecular complexity index is 575. The second-order valence-corrected chi connectivity index (χ2v) is 4.50. The second kappa shape index (κ2) is 4.22. The predicted molar refractivity (Wildman–Crippen MR) is 73.1 cm³/mol. The number of hydrogen-bond donors (Lipinski definition) is 1. The normalized spacial score (nSPS) is 16.1. The van der Waals surface area contributed by atoms with E-state index >= 15 is 0 Å². The molecule has 0 unspecified atom stereocenters. The van der Waals surface area contributed by atoms with E-state index in [0.29, 0.717) is 6.61 Å². The largest absolute Gasteiger partial charge is 0.488 e. The molecular formula is C16H15NO. The Morgan fingerprint density at radius 2 is 1.67 bits per heavy atom. The highest BCUT2D eigenvalue weighted by atomic mass is 16.5. The van der Waals surface area contributed by atoms with Crippen molar-refractivity contribution in [2.24, 2.45) is 5.73 Å². The molecule has 1 aliphatic rings. The smallest absolute Gasteiger partial charge is 0.127 e. The lowest BCUT2D eigenvalue weighted by Crippen LogP contribution is -2.00. The van der Waals surface area contributed by atoms with E-state index in [2.05, 4.69) is 18.2 Å². The van der Waals surface area contributed by atoms with E-state index in [1.54, 1.807) is 0 Å². The third-order valence-corrected chi connectivity index (χ3v) is 3.22. The number of fused-ring (bicyclic) bond motifs is 2. The molecule has 2 aromatic carbocycles. The summed E-state index contributed by atoms with van der Waals surface area (Å²) in [5.41, 5.74) is 11.4. The maximum atomic E-state index is 6.09. The van der Waals surface area contributed by atoms with Crippen molar-refractivity contribution in [2.75, 3.05) is 0 Å². The molecule has 0 spiro atoms. The van der Waals surface area contributed by atoms with Crippen LogP contribution in [0.1, 0.15) is 23.6 Å². The van der Waals surface area contributed by atoms with E-state index in [-0.39, 0.29) is 0 Å². The van der Waals surface area contributed by atoms with Crippen molar-refractivity contribution in [3.05, 3.63) is 70.9 Å². The number of benzene rings is 2. The summed E-state index contributed by atoms with van der Waals surface area (Å²) in [4.78, 5) is 0. The van der Waals surface area contributed by atoms with Crippen LogP contribution in [-0.2, 0) is 6.61 Å². The summed E-state index contributed by atoms with van der Waals surface area (Å²) in [6.45, 7) is 2.53. The Labute approximate surface area is 107 Å². The first kappa shape index (κ1) is 10.9. The Morgan fingerprint density at radius 1 is 1.00 bits per heavy atom. The third kappa shape index (κ3) is 1.66. The minimum Gasteiger partial charge on any atom is -0.488 e. The van der Waals surface area contributed by atoms with Gasteiger partial charge in [0.2, 0.25) is 0 Å². The van der Waals surface area contributed by atoms with Crippen molar-refractivity contribution in [1.82, 2.24) is 0 Å². The van der Waals surface area contributed by atoms with Gasteiger partial charge in [0.05, 0.1) is 0 Å². The summed E-state index contributed by atoms with van der Waals surface area (Å²) in [7, 11) is 0. The SMILES string of the molecule is CC(N)=C1c2ccccc2COc2ccccc21. The molecule has 90 valence electrons. The minimum atomic E-state index is 0.587. The monoisotopic (exact) mass is 237 g/mol. The van der Waals surface area contributed by atoms with Gasteiger partial charge in [0.25, 0.3) is 0 Å². The van der Waals surface area contributed by atoms with Gasteiger partial charge in [-0.15, -0.1) is 0 Å². The summed E-state index contributed by atoms with van der Waals surface area (Å²) >= 11 is 0. The summed E-state index contributed by atoms with van der Waals surface area (Å²) in [5, 5.41) is 0. The highest BCUT2D eigenvalue weighted by Crippen LogP contribution is 2.37. The number of rotatable bonds is 0. The van der Waals surface area contributed by atoms with E-state index in [1.807, 2.05) is 37.3 Å². The molecule has 0 radical (unpaired) electrons. The lowest BCUT2D eigenvalue weighted by molar-refractivity contribution is 0.307. The summed E-state index contributed by atoms with van der Waals surface area (Å²) in [6.07, 6.45) is 0. The zero-order valence-corrected chi connectivity index (χ0v) is 10.3. The Hall–Kier alpha value is -2.22. The average molecular weight is 237 g/mol. The lowest BCUT2D eigenvalue weighted by atomic mass is 9.93. The number of ether oxygens (including phenoxy) is 1. The molecule has 0 saturated heterocycles. The van der Waals surface area contributed by atoms with Gasteiger partial charge in [-0.3, -0.25) is 0 Å². The molecule has 2 N–H and O–H groups in total. The van der Waals surface area contributed by atoms with Gasteiger partial charge in [0.15, 0.2) is 0 Å². The Balaban J connectivity index is 2.32. The molecular weight excluding hydrogens is 222 g/mol. The third-order valence-electron chi connectivity index (χ3n) is 3.22. The molecule has 2 nitrogen and oxygen atoms in total. The van der Waals surface area contributed by atoms with Crippen molar-refractivity contribution in [1.29, 1.82) is 0 Å². The summed E-state index contributed by atoms with van der Waals surface area (Å²) in [6, 6.07) is 16.3. The van der Waals surface area contributed by atoms with Crippen LogP contribution in [0.5, 0.6) is 5.75 Å². The molecule has 0 amide bonds. The number of nitrogens with two attached hydrogens (primary N) is 1. The molecule has 0 bridgehead atoms. The maximum Gasteiger partial charge on any atom is 0.127 e. The first-order valence-electron chi connectivity index (χ1n) is 6.04. The van der Waals surface area contributed by atoms with E-state index in [4.69, 9.17) is 10.5 Å². The van der Waals surface area contributed by atoms with Crippen LogP contribution in [0, 0.1) is 0 Å². The van der Waals surface area contributed by atoms with Crippen LogP contribution >= 0.6 is 0 Å². The molecule has 1 heterocycles. The first-order chi connectivity index (χ1) is 8.77. The van der Waals surface area contributed by atoms with Gasteiger partial charge in [-0.05, 0) is 24.1 Å². The van der Waals surface area contributed by atoms with Crippen molar-refractivity contribution in [2.45, 2.75) is 13.5 Å². The van der Waals surface area contributed by atoms with Gasteiger partial charge in [0.1, 0.15) is 12.4 Å². The van der Waals surface area contributed by atoms with E-state index in [1.165, 1.54) is 11.1 Å². The predicted octanol–water partition coefficient (Wildman–Crippen LogP) is 3.32. The quantitative estimate of drug-likeness (QED) is 0.763. The fourth-order valence-electron chi connectivity index (χ4n) is 2.41. The highest BCUT2D eigenvalue weighted by molar-refractivity contribution is 5.86. The van der Waals surface area contributed by atoms with Crippen LogP contribution in [-0.4, -0.2) is 0 Å². The van der Waals surface area contributed by atoms with Gasteiger partial charge in [-0.25, -0.2) is 0 Å². The van der Waals surface area contributed by atoms with Gasteiger partial charge in [-0.1, -0.05) is 42.5 Å². The van der Waals surface area contributed by atoms with E-state index < -0.39 is 0 Å². The van der Waals surface area contributed by atoms with Crippen LogP contribution in [0.25, 0.3) is 5.57 Å². The zero-order chi connectivity index (χ0) is 12.5. The summed E-state index contributed by atoms with van der Waals surface area (Å²) in [5.74, 6) is 0.897. The molecule has 1 aliphatic heterocycles. The molecule has 2 aromatic rings. The van der Waals surface area contributed by atoms with Crippen molar-refractivity contribution in [3.63, 3.8) is 0 Å². The molecule has 0 fully saturated rings. The number of hydrogen-bond acceptors (Lipinski definition) is 2. The maximum absolute atomic E-state index is 6.09. The molecule has 0 aromatic heterocycles. The van der Waals surface area contributed by atoms with Crippen LogP contribution in [0.15, 0.2) is 54.2 Å². The van der Waals surface area contributed by atoms with Crippen molar-refractivity contribution >= 4 is 5.57 Å². The topological polar surface area (TPSA) is 35.2 Å². The second-order valence-electron chi connectivity index (χ2n) is 4.50. The van der Waals surface area contributed by atoms with Crippen LogP contribution in [0.2, 0.25) is 0 Å². The van der Waals surface area contributed by atoms with Gasteiger partial charge in [-0.2, -0.15) is 0 Å². The van der Waals surface area contributed by atoms with Crippen LogP contribution in [0.3, 0.4) is 0 Å². The zero-order valence-electron chi connectivity index (χ0n) is 10.3. The van der Waals surface area contributed by atoms with Crippen molar-refractivity contribution in [3.8, 4) is 5.75 Å². The molecule has 2 heteroatoms. The minimum absolute atomic E-state index is 0.587. The first-order valence-corrected chi connectivity index (χ1v) is 6.04. The molecule has 0 saturated carbocycles. The molecule has 18 heavy (non-hydrogen) atoms. The summed E-state index contributed by atoms with van der Waals surface area (Å²) < 4.78 is 5.87. The Morgan fingerprint density at radius 3 is 2.44 bits per heavy atom. The Kier molecular flexibility index (Phi) is 2.56. The number of allylic oxidation sites excluding steroid dienone is 1. The lowest BCUT2D eigenvalue weighted by Gasteiger charge is -2.11. The van der Waals surface area contributed by atoms with Crippen molar-refractivity contribution < 1.29 is 4.74 Å². The molecule has 0 aliphatic carbocycles. The average Bonchev–Trinajstić information content (AvgIpc) is 2.55. The van der Waals surface area contributed by atoms with Gasteiger partial charge in [0, 0.05) is 16.8 Å².